The van der Waals surface area contributed by atoms with E-state index in [1.807, 2.05) is 4.90 Å². The van der Waals surface area contributed by atoms with E-state index < -0.39 is 0 Å². The van der Waals surface area contributed by atoms with E-state index in [9.17, 15) is 14.0 Å². The molecule has 1 aromatic carbocycles. The zero-order valence-electron chi connectivity index (χ0n) is 16.6. The number of nitrogens with one attached hydrogen (secondary N) is 2. The van der Waals surface area contributed by atoms with E-state index in [0.717, 1.165) is 0 Å². The highest BCUT2D eigenvalue weighted by atomic mass is 19.1. The lowest BCUT2D eigenvalue weighted by Gasteiger charge is -2.36. The van der Waals surface area contributed by atoms with Gasteiger partial charge in [-0.2, -0.15) is 0 Å². The number of carbonyl (C=O) groups is 2. The van der Waals surface area contributed by atoms with Gasteiger partial charge in [-0.15, -0.1) is 0 Å². The average molecular weight is 428 g/mol. The molecule has 4 rings (SSSR count). The lowest BCUT2D eigenvalue weighted by atomic mass is 10.1. The number of hydrogen-bond donors (Lipinski definition) is 2. The Bertz CT molecular complexity index is 1030. The highest BCUT2D eigenvalue weighted by Crippen LogP contribution is 2.27. The van der Waals surface area contributed by atoms with Gasteiger partial charge in [0.05, 0.1) is 18.8 Å². The van der Waals surface area contributed by atoms with Crippen LogP contribution in [0.1, 0.15) is 5.76 Å². The van der Waals surface area contributed by atoms with Crippen LogP contribution in [0.5, 0.6) is 0 Å². The molecule has 0 bridgehead atoms. The molecule has 1 aliphatic rings. The molecule has 1 saturated heterocycles. The maximum Gasteiger partial charge on any atom is 0.242 e. The zero-order valence-corrected chi connectivity index (χ0v) is 16.6. The summed E-state index contributed by atoms with van der Waals surface area (Å²) < 4.78 is 24.9. The van der Waals surface area contributed by atoms with Gasteiger partial charge in [-0.25, -0.2) is 4.39 Å². The van der Waals surface area contributed by atoms with Crippen molar-refractivity contribution in [2.45, 2.75) is 6.54 Å². The molecule has 10 nitrogen and oxygen atoms in total. The van der Waals surface area contributed by atoms with Gasteiger partial charge >= 0.3 is 0 Å². The molecule has 0 aliphatic carbocycles. The van der Waals surface area contributed by atoms with Crippen LogP contribution in [-0.4, -0.2) is 60.3 Å². The Morgan fingerprint density at radius 3 is 2.71 bits per heavy atom. The summed E-state index contributed by atoms with van der Waals surface area (Å²) in [5.41, 5.74) is 1.60. The van der Waals surface area contributed by atoms with E-state index in [-0.39, 0.29) is 18.3 Å². The average Bonchev–Trinajstić information content (AvgIpc) is 3.48. The minimum atomic E-state index is -0.370. The molecule has 31 heavy (non-hydrogen) atoms. The van der Waals surface area contributed by atoms with Crippen LogP contribution >= 0.6 is 0 Å². The van der Waals surface area contributed by atoms with Crippen LogP contribution in [0.3, 0.4) is 0 Å². The third kappa shape index (κ3) is 4.82. The lowest BCUT2D eigenvalue weighted by molar-refractivity contribution is -0.131. The summed E-state index contributed by atoms with van der Waals surface area (Å²) in [6, 6.07) is 8.34. The topological polar surface area (TPSA) is 117 Å². The van der Waals surface area contributed by atoms with E-state index in [2.05, 4.69) is 20.9 Å². The Morgan fingerprint density at radius 2 is 2.00 bits per heavy atom. The van der Waals surface area contributed by atoms with Crippen molar-refractivity contribution in [3.05, 3.63) is 48.2 Å². The molecule has 2 N–H and O–H groups in total. The fourth-order valence-corrected chi connectivity index (χ4v) is 3.37. The number of benzene rings is 1. The van der Waals surface area contributed by atoms with E-state index >= 15 is 0 Å². The van der Waals surface area contributed by atoms with E-state index in [1.165, 1.54) is 12.3 Å². The normalized spacial score (nSPS) is 13.8. The van der Waals surface area contributed by atoms with Crippen molar-refractivity contribution in [3.63, 3.8) is 0 Å². The first-order valence-electron chi connectivity index (χ1n) is 9.73. The van der Waals surface area contributed by atoms with Crippen molar-refractivity contribution in [2.24, 2.45) is 0 Å². The molecule has 0 atom stereocenters. The number of amides is 2. The number of carbonyl (C=O) groups excluding carboxylic acids is 2. The maximum atomic E-state index is 14.8. The van der Waals surface area contributed by atoms with Gasteiger partial charge in [0.25, 0.3) is 0 Å². The molecule has 11 heteroatoms. The highest BCUT2D eigenvalue weighted by molar-refractivity contribution is 5.80. The van der Waals surface area contributed by atoms with E-state index in [4.69, 9.17) is 9.05 Å². The fraction of sp³-hybridized carbons (Fsp3) is 0.300. The van der Waals surface area contributed by atoms with Crippen LogP contribution in [0, 0.1) is 5.82 Å². The standard InChI is InChI=1S/C20H21FN6O4/c21-16-9-14(17-10-15(31-24-17)11-23-19-3-8-30-25-19)1-2-18(16)26-4-6-27(7-5-26)20(29)12-22-13-28/h1-3,8-10,13H,4-7,11-12H2,(H,22,28)(H,23,25). The van der Waals surface area contributed by atoms with Crippen LogP contribution in [0.15, 0.2) is 45.6 Å². The first kappa shape index (κ1) is 20.4. The van der Waals surface area contributed by atoms with Crippen LogP contribution in [0.4, 0.5) is 15.9 Å². The Kier molecular flexibility index (Phi) is 6.11. The molecule has 3 aromatic rings. The highest BCUT2D eigenvalue weighted by Gasteiger charge is 2.23. The Balaban J connectivity index is 1.36. The summed E-state index contributed by atoms with van der Waals surface area (Å²) in [5, 5.41) is 13.1. The first-order chi connectivity index (χ1) is 15.1. The van der Waals surface area contributed by atoms with Crippen LogP contribution in [0.2, 0.25) is 0 Å². The SMILES string of the molecule is O=CNCC(=O)N1CCN(c2ccc(-c3cc(CNc4ccon4)on3)cc2F)CC1. The summed E-state index contributed by atoms with van der Waals surface area (Å²) in [5.74, 6) is 0.634. The molecule has 2 amide bonds. The van der Waals surface area contributed by atoms with Gasteiger partial charge in [0.15, 0.2) is 11.6 Å². The predicted molar refractivity (Wildman–Crippen MR) is 109 cm³/mol. The van der Waals surface area contributed by atoms with Gasteiger partial charge in [0.1, 0.15) is 17.8 Å². The van der Waals surface area contributed by atoms with Crippen molar-refractivity contribution >= 4 is 23.8 Å². The molecule has 0 saturated carbocycles. The van der Waals surface area contributed by atoms with Crippen molar-refractivity contribution in [1.82, 2.24) is 20.5 Å². The number of aromatic nitrogens is 2. The van der Waals surface area contributed by atoms with Crippen LogP contribution < -0.4 is 15.5 Å². The third-order valence-electron chi connectivity index (χ3n) is 4.99. The molecule has 1 fully saturated rings. The number of hydrogen-bond acceptors (Lipinski definition) is 8. The minimum Gasteiger partial charge on any atom is -0.366 e. The summed E-state index contributed by atoms with van der Waals surface area (Å²) in [6.07, 6.45) is 1.96. The fourth-order valence-electron chi connectivity index (χ4n) is 3.37. The summed E-state index contributed by atoms with van der Waals surface area (Å²) in [6.45, 7) is 2.28. The largest absolute Gasteiger partial charge is 0.366 e. The van der Waals surface area contributed by atoms with Crippen molar-refractivity contribution in [1.29, 1.82) is 0 Å². The molecule has 3 heterocycles. The number of piperazine rings is 1. The molecule has 0 radical (unpaired) electrons. The number of nitrogens with zero attached hydrogens (tertiary/aromatic N) is 4. The van der Waals surface area contributed by atoms with Gasteiger partial charge in [0, 0.05) is 43.9 Å². The van der Waals surface area contributed by atoms with E-state index in [0.29, 0.717) is 67.7 Å². The lowest BCUT2D eigenvalue weighted by Crippen LogP contribution is -2.51. The van der Waals surface area contributed by atoms with Gasteiger partial charge in [-0.1, -0.05) is 16.4 Å². The maximum absolute atomic E-state index is 14.8. The predicted octanol–water partition coefficient (Wildman–Crippen LogP) is 1.48. The molecule has 2 aromatic heterocycles. The van der Waals surface area contributed by atoms with Crippen LogP contribution in [0.25, 0.3) is 11.3 Å². The smallest absolute Gasteiger partial charge is 0.242 e. The zero-order chi connectivity index (χ0) is 21.6. The number of rotatable bonds is 8. The van der Waals surface area contributed by atoms with Crippen molar-refractivity contribution in [3.8, 4) is 11.3 Å². The van der Waals surface area contributed by atoms with E-state index in [1.54, 1.807) is 29.2 Å². The summed E-state index contributed by atoms with van der Waals surface area (Å²) in [7, 11) is 0. The quantitative estimate of drug-likeness (QED) is 0.518. The van der Waals surface area contributed by atoms with Gasteiger partial charge in [0.2, 0.25) is 12.3 Å². The molecule has 0 spiro atoms. The van der Waals surface area contributed by atoms with Gasteiger partial charge in [-0.05, 0) is 12.1 Å². The summed E-state index contributed by atoms with van der Waals surface area (Å²) >= 11 is 0. The second kappa shape index (κ2) is 9.28. The second-order valence-corrected chi connectivity index (χ2v) is 6.95. The molecular weight excluding hydrogens is 407 g/mol. The Morgan fingerprint density at radius 1 is 1.16 bits per heavy atom. The van der Waals surface area contributed by atoms with Gasteiger partial charge in [-0.3, -0.25) is 9.59 Å². The number of halogens is 1. The van der Waals surface area contributed by atoms with Crippen molar-refractivity contribution < 1.29 is 23.0 Å². The molecule has 1 aliphatic heterocycles. The first-order valence-corrected chi connectivity index (χ1v) is 9.73. The van der Waals surface area contributed by atoms with Crippen LogP contribution in [-0.2, 0) is 16.1 Å². The third-order valence-corrected chi connectivity index (χ3v) is 4.99. The van der Waals surface area contributed by atoms with Crippen molar-refractivity contribution in [2.75, 3.05) is 42.9 Å². The van der Waals surface area contributed by atoms with Gasteiger partial charge < -0.3 is 29.5 Å². The minimum absolute atomic E-state index is 0.0274. The monoisotopic (exact) mass is 428 g/mol. The number of anilines is 2. The molecular formula is C20H21FN6O4. The second-order valence-electron chi connectivity index (χ2n) is 6.95. The molecule has 0 unspecified atom stereocenters. The Hall–Kier alpha value is -3.89. The molecule has 162 valence electrons. The Labute approximate surface area is 176 Å². The summed E-state index contributed by atoms with van der Waals surface area (Å²) in [4.78, 5) is 25.8.